The van der Waals surface area contributed by atoms with E-state index in [1.807, 2.05) is 18.2 Å². The smallest absolute Gasteiger partial charge is 0.257 e. The predicted octanol–water partition coefficient (Wildman–Crippen LogP) is 1.78. The van der Waals surface area contributed by atoms with Crippen LogP contribution in [0.15, 0.2) is 18.2 Å². The summed E-state index contributed by atoms with van der Waals surface area (Å²) < 4.78 is 5.15. The number of amides is 1. The number of rotatable bonds is 6. The van der Waals surface area contributed by atoms with Crippen LogP contribution in [0.4, 0.5) is 11.4 Å². The van der Waals surface area contributed by atoms with Crippen molar-refractivity contribution in [1.29, 1.82) is 0 Å². The van der Waals surface area contributed by atoms with E-state index in [0.29, 0.717) is 23.8 Å². The van der Waals surface area contributed by atoms with Crippen molar-refractivity contribution in [2.24, 2.45) is 5.92 Å². The Labute approximate surface area is 119 Å². The standard InChI is InChI=1S/C15H22N2O3/c1-10(2)9-17(6-7-20-3)11-4-5-12-13(8-11)16-15(19)14(12)18/h4-5,8,10,14,18H,6-7,9H2,1-3H3,(H,16,19). The molecule has 20 heavy (non-hydrogen) atoms. The van der Waals surface area contributed by atoms with Gasteiger partial charge < -0.3 is 20.1 Å². The number of hydrogen-bond acceptors (Lipinski definition) is 4. The molecule has 1 aromatic carbocycles. The molecule has 0 aliphatic carbocycles. The normalized spacial score (nSPS) is 17.2. The van der Waals surface area contributed by atoms with Crippen molar-refractivity contribution in [2.75, 3.05) is 37.0 Å². The van der Waals surface area contributed by atoms with Crippen molar-refractivity contribution in [3.8, 4) is 0 Å². The molecule has 0 radical (unpaired) electrons. The van der Waals surface area contributed by atoms with Crippen molar-refractivity contribution in [2.45, 2.75) is 20.0 Å². The molecule has 0 fully saturated rings. The van der Waals surface area contributed by atoms with E-state index in [0.717, 1.165) is 18.8 Å². The largest absolute Gasteiger partial charge is 0.383 e. The summed E-state index contributed by atoms with van der Waals surface area (Å²) in [5.74, 6) is 0.171. The minimum Gasteiger partial charge on any atom is -0.383 e. The number of anilines is 2. The second-order valence-electron chi connectivity index (χ2n) is 5.50. The van der Waals surface area contributed by atoms with Crippen molar-refractivity contribution in [3.05, 3.63) is 23.8 Å². The Morgan fingerprint density at radius 2 is 2.20 bits per heavy atom. The highest BCUT2D eigenvalue weighted by molar-refractivity contribution is 6.02. The van der Waals surface area contributed by atoms with E-state index in [9.17, 15) is 9.90 Å². The van der Waals surface area contributed by atoms with Crippen LogP contribution in [-0.2, 0) is 9.53 Å². The minimum absolute atomic E-state index is 0.357. The Bertz CT molecular complexity index is 488. The maximum atomic E-state index is 11.5. The third kappa shape index (κ3) is 3.11. The molecular weight excluding hydrogens is 256 g/mol. The third-order valence-electron chi connectivity index (χ3n) is 3.35. The number of hydrogen-bond donors (Lipinski definition) is 2. The molecule has 1 aromatic rings. The maximum absolute atomic E-state index is 11.5. The maximum Gasteiger partial charge on any atom is 0.257 e. The summed E-state index contributed by atoms with van der Waals surface area (Å²) in [6.07, 6.45) is -1.04. The number of aliphatic hydroxyl groups excluding tert-OH is 1. The van der Waals surface area contributed by atoms with Crippen LogP contribution in [0.2, 0.25) is 0 Å². The van der Waals surface area contributed by atoms with E-state index < -0.39 is 6.10 Å². The number of carbonyl (C=O) groups excluding carboxylic acids is 1. The van der Waals surface area contributed by atoms with Gasteiger partial charge in [0.2, 0.25) is 0 Å². The van der Waals surface area contributed by atoms with Gasteiger partial charge in [-0.2, -0.15) is 0 Å². The molecule has 0 saturated heterocycles. The van der Waals surface area contributed by atoms with Crippen LogP contribution in [0.5, 0.6) is 0 Å². The SMILES string of the molecule is COCCN(CC(C)C)c1ccc2c(c1)NC(=O)C2O. The lowest BCUT2D eigenvalue weighted by Crippen LogP contribution is -2.30. The van der Waals surface area contributed by atoms with Crippen molar-refractivity contribution >= 4 is 17.3 Å². The molecular formula is C15H22N2O3. The molecule has 2 N–H and O–H groups in total. The number of nitrogens with one attached hydrogen (secondary N) is 1. The molecule has 1 amide bonds. The average Bonchev–Trinajstić information content (AvgIpc) is 2.69. The zero-order chi connectivity index (χ0) is 14.7. The molecule has 1 atom stereocenters. The average molecular weight is 278 g/mol. The number of benzene rings is 1. The predicted molar refractivity (Wildman–Crippen MR) is 79.0 cm³/mol. The van der Waals surface area contributed by atoms with E-state index >= 15 is 0 Å². The van der Waals surface area contributed by atoms with Gasteiger partial charge in [-0.1, -0.05) is 19.9 Å². The second kappa shape index (κ2) is 6.24. The van der Waals surface area contributed by atoms with Gasteiger partial charge in [-0.15, -0.1) is 0 Å². The molecule has 0 saturated carbocycles. The molecule has 1 heterocycles. The van der Waals surface area contributed by atoms with Crippen LogP contribution in [0.25, 0.3) is 0 Å². The summed E-state index contributed by atoms with van der Waals surface area (Å²) in [6.45, 7) is 6.69. The van der Waals surface area contributed by atoms with E-state index in [4.69, 9.17) is 4.74 Å². The van der Waals surface area contributed by atoms with Gasteiger partial charge in [0.25, 0.3) is 5.91 Å². The molecule has 1 unspecified atom stereocenters. The highest BCUT2D eigenvalue weighted by Gasteiger charge is 2.28. The summed E-state index contributed by atoms with van der Waals surface area (Å²) in [5, 5.41) is 12.4. The zero-order valence-corrected chi connectivity index (χ0v) is 12.2. The van der Waals surface area contributed by atoms with Gasteiger partial charge in [0.1, 0.15) is 0 Å². The van der Waals surface area contributed by atoms with E-state index in [2.05, 4.69) is 24.1 Å². The first-order chi connectivity index (χ1) is 9.52. The first-order valence-electron chi connectivity index (χ1n) is 6.89. The molecule has 110 valence electrons. The first-order valence-corrected chi connectivity index (χ1v) is 6.89. The first kappa shape index (κ1) is 14.8. The van der Waals surface area contributed by atoms with Gasteiger partial charge in [0, 0.05) is 37.1 Å². The Morgan fingerprint density at radius 3 is 2.85 bits per heavy atom. The molecule has 0 bridgehead atoms. The summed E-state index contributed by atoms with van der Waals surface area (Å²) in [5.41, 5.74) is 2.38. The summed E-state index contributed by atoms with van der Waals surface area (Å²) in [6, 6.07) is 5.68. The molecule has 5 heteroatoms. The summed E-state index contributed by atoms with van der Waals surface area (Å²) in [4.78, 5) is 13.7. The fraction of sp³-hybridized carbons (Fsp3) is 0.533. The Kier molecular flexibility index (Phi) is 4.62. The quantitative estimate of drug-likeness (QED) is 0.832. The molecule has 1 aliphatic heterocycles. The number of methoxy groups -OCH3 is 1. The van der Waals surface area contributed by atoms with Crippen LogP contribution in [-0.4, -0.2) is 37.8 Å². The van der Waals surface area contributed by atoms with Gasteiger partial charge in [-0.3, -0.25) is 4.79 Å². The van der Waals surface area contributed by atoms with Gasteiger partial charge in [0.05, 0.1) is 6.61 Å². The molecule has 0 aromatic heterocycles. The van der Waals surface area contributed by atoms with Crippen LogP contribution < -0.4 is 10.2 Å². The number of ether oxygens (including phenoxy) is 1. The topological polar surface area (TPSA) is 61.8 Å². The Balaban J connectivity index is 2.22. The number of aliphatic hydroxyl groups is 1. The van der Waals surface area contributed by atoms with Gasteiger partial charge in [-0.25, -0.2) is 0 Å². The van der Waals surface area contributed by atoms with E-state index in [-0.39, 0.29) is 5.91 Å². The monoisotopic (exact) mass is 278 g/mol. The highest BCUT2D eigenvalue weighted by Crippen LogP contribution is 2.34. The van der Waals surface area contributed by atoms with Gasteiger partial charge in [-0.05, 0) is 18.1 Å². The number of nitrogens with zero attached hydrogens (tertiary/aromatic N) is 1. The van der Waals surface area contributed by atoms with Crippen LogP contribution in [0.3, 0.4) is 0 Å². The lowest BCUT2D eigenvalue weighted by molar-refractivity contribution is -0.123. The van der Waals surface area contributed by atoms with Crippen molar-refractivity contribution in [3.63, 3.8) is 0 Å². The minimum atomic E-state index is -1.04. The zero-order valence-electron chi connectivity index (χ0n) is 12.2. The third-order valence-corrected chi connectivity index (χ3v) is 3.35. The van der Waals surface area contributed by atoms with Gasteiger partial charge >= 0.3 is 0 Å². The summed E-state index contributed by atoms with van der Waals surface area (Å²) >= 11 is 0. The highest BCUT2D eigenvalue weighted by atomic mass is 16.5. The molecule has 5 nitrogen and oxygen atoms in total. The van der Waals surface area contributed by atoms with Crippen LogP contribution in [0.1, 0.15) is 25.5 Å². The van der Waals surface area contributed by atoms with Crippen molar-refractivity contribution < 1.29 is 14.6 Å². The Morgan fingerprint density at radius 1 is 1.45 bits per heavy atom. The fourth-order valence-electron chi connectivity index (χ4n) is 2.40. The lowest BCUT2D eigenvalue weighted by atomic mass is 10.1. The second-order valence-corrected chi connectivity index (χ2v) is 5.50. The van der Waals surface area contributed by atoms with Crippen molar-refractivity contribution in [1.82, 2.24) is 0 Å². The number of fused-ring (bicyclic) bond motifs is 1. The number of carbonyl (C=O) groups is 1. The molecule has 1 aliphatic rings. The van der Waals surface area contributed by atoms with Crippen LogP contribution >= 0.6 is 0 Å². The van der Waals surface area contributed by atoms with E-state index in [1.165, 1.54) is 0 Å². The Hall–Kier alpha value is -1.59. The fourth-order valence-corrected chi connectivity index (χ4v) is 2.40. The summed E-state index contributed by atoms with van der Waals surface area (Å²) in [7, 11) is 1.69. The molecule has 2 rings (SSSR count). The van der Waals surface area contributed by atoms with Gasteiger partial charge in [0.15, 0.2) is 6.10 Å². The van der Waals surface area contributed by atoms with Crippen LogP contribution in [0, 0.1) is 5.92 Å². The molecule has 0 spiro atoms. The van der Waals surface area contributed by atoms with E-state index in [1.54, 1.807) is 7.11 Å². The lowest BCUT2D eigenvalue weighted by Gasteiger charge is -2.27.